The summed E-state index contributed by atoms with van der Waals surface area (Å²) in [6.45, 7) is 2.43. The van der Waals surface area contributed by atoms with E-state index in [0.717, 1.165) is 4.47 Å². The fourth-order valence-corrected chi connectivity index (χ4v) is 2.59. The van der Waals surface area contributed by atoms with E-state index in [1.807, 2.05) is 25.1 Å². The van der Waals surface area contributed by atoms with E-state index in [0.29, 0.717) is 28.6 Å². The van der Waals surface area contributed by atoms with Crippen molar-refractivity contribution in [1.29, 1.82) is 0 Å². The molecule has 0 atom stereocenters. The molecule has 20 heavy (non-hydrogen) atoms. The number of halogens is 2. The van der Waals surface area contributed by atoms with Crippen molar-refractivity contribution in [3.63, 3.8) is 0 Å². The molecule has 0 heterocycles. The Bertz CT molecular complexity index is 611. The average Bonchev–Trinajstić information content (AvgIpc) is 2.40. The summed E-state index contributed by atoms with van der Waals surface area (Å²) in [5, 5.41) is 3.33. The van der Waals surface area contributed by atoms with Crippen LogP contribution in [0.3, 0.4) is 0 Å². The highest BCUT2D eigenvalue weighted by Gasteiger charge is 2.11. The van der Waals surface area contributed by atoms with Crippen molar-refractivity contribution in [1.82, 2.24) is 0 Å². The molecule has 0 aliphatic rings. The molecule has 3 nitrogen and oxygen atoms in total. The average molecular weight is 355 g/mol. The van der Waals surface area contributed by atoms with Crippen molar-refractivity contribution >= 4 is 39.1 Å². The predicted molar refractivity (Wildman–Crippen MR) is 84.7 cm³/mol. The number of para-hydroxylation sites is 2. The molecule has 0 saturated carbocycles. The molecule has 1 N–H and O–H groups in total. The van der Waals surface area contributed by atoms with Gasteiger partial charge in [0.15, 0.2) is 0 Å². The highest BCUT2D eigenvalue weighted by atomic mass is 79.9. The summed E-state index contributed by atoms with van der Waals surface area (Å²) >= 11 is 9.26. The van der Waals surface area contributed by atoms with Crippen molar-refractivity contribution in [2.24, 2.45) is 0 Å². The molecule has 0 saturated heterocycles. The number of amides is 1. The van der Waals surface area contributed by atoms with Crippen molar-refractivity contribution in [3.05, 3.63) is 57.5 Å². The lowest BCUT2D eigenvalue weighted by molar-refractivity contribution is 0.102. The lowest BCUT2D eigenvalue weighted by atomic mass is 10.2. The van der Waals surface area contributed by atoms with Crippen LogP contribution in [0.2, 0.25) is 5.02 Å². The van der Waals surface area contributed by atoms with Crippen LogP contribution in [0.5, 0.6) is 5.75 Å². The van der Waals surface area contributed by atoms with Crippen molar-refractivity contribution in [2.75, 3.05) is 11.9 Å². The van der Waals surface area contributed by atoms with Crippen LogP contribution in [0, 0.1) is 0 Å². The van der Waals surface area contributed by atoms with Gasteiger partial charge in [0.05, 0.1) is 12.3 Å². The first-order valence-corrected chi connectivity index (χ1v) is 7.26. The molecule has 2 aromatic carbocycles. The van der Waals surface area contributed by atoms with Gasteiger partial charge < -0.3 is 10.1 Å². The molecule has 0 fully saturated rings. The maximum atomic E-state index is 12.2. The molecule has 2 rings (SSSR count). The molecule has 0 aromatic heterocycles. The molecule has 0 radical (unpaired) electrons. The highest BCUT2D eigenvalue weighted by Crippen LogP contribution is 2.25. The second-order valence-electron chi connectivity index (χ2n) is 4.04. The summed E-state index contributed by atoms with van der Waals surface area (Å²) in [5.41, 5.74) is 1.12. The Labute approximate surface area is 131 Å². The molecule has 0 spiro atoms. The number of anilines is 1. The number of nitrogens with one attached hydrogen (secondary N) is 1. The maximum absolute atomic E-state index is 12.2. The standard InChI is InChI=1S/C15H13BrClNO2/c1-2-20-14-6-4-3-5-13(14)18-15(19)10-7-11(16)9-12(17)8-10/h3-9H,2H2,1H3,(H,18,19). The SMILES string of the molecule is CCOc1ccccc1NC(=O)c1cc(Cl)cc(Br)c1. The van der Waals surface area contributed by atoms with Gasteiger partial charge in [-0.2, -0.15) is 0 Å². The van der Waals surface area contributed by atoms with Crippen LogP contribution < -0.4 is 10.1 Å². The van der Waals surface area contributed by atoms with Crippen LogP contribution in [0.1, 0.15) is 17.3 Å². The number of carbonyl (C=O) groups is 1. The molecule has 5 heteroatoms. The Morgan fingerprint density at radius 2 is 2.05 bits per heavy atom. The minimum absolute atomic E-state index is 0.236. The van der Waals surface area contributed by atoms with Gasteiger partial charge in [0.25, 0.3) is 5.91 Å². The lowest BCUT2D eigenvalue weighted by Crippen LogP contribution is -2.13. The number of ether oxygens (including phenoxy) is 1. The van der Waals surface area contributed by atoms with Gasteiger partial charge in [0.2, 0.25) is 0 Å². The fraction of sp³-hybridized carbons (Fsp3) is 0.133. The minimum atomic E-state index is -0.236. The van der Waals surface area contributed by atoms with E-state index in [1.165, 1.54) is 0 Å². The first-order chi connectivity index (χ1) is 9.60. The van der Waals surface area contributed by atoms with Crippen LogP contribution >= 0.6 is 27.5 Å². The van der Waals surface area contributed by atoms with E-state index in [2.05, 4.69) is 21.2 Å². The number of hydrogen-bond acceptors (Lipinski definition) is 2. The summed E-state index contributed by atoms with van der Waals surface area (Å²) in [5.74, 6) is 0.407. The van der Waals surface area contributed by atoms with Gasteiger partial charge in [-0.25, -0.2) is 0 Å². The summed E-state index contributed by atoms with van der Waals surface area (Å²) in [6.07, 6.45) is 0. The smallest absolute Gasteiger partial charge is 0.255 e. The van der Waals surface area contributed by atoms with Crippen LogP contribution in [-0.4, -0.2) is 12.5 Å². The first kappa shape index (κ1) is 14.9. The van der Waals surface area contributed by atoms with E-state index in [9.17, 15) is 4.79 Å². The molecule has 0 aliphatic heterocycles. The second kappa shape index (κ2) is 6.77. The Balaban J connectivity index is 2.23. The number of benzene rings is 2. The van der Waals surface area contributed by atoms with Gasteiger partial charge in [-0.3, -0.25) is 4.79 Å². The van der Waals surface area contributed by atoms with Crippen molar-refractivity contribution in [3.8, 4) is 5.75 Å². The van der Waals surface area contributed by atoms with Crippen molar-refractivity contribution in [2.45, 2.75) is 6.92 Å². The molecule has 1 amide bonds. The third-order valence-corrected chi connectivity index (χ3v) is 3.24. The second-order valence-corrected chi connectivity index (χ2v) is 5.39. The quantitative estimate of drug-likeness (QED) is 0.860. The normalized spacial score (nSPS) is 10.2. The zero-order chi connectivity index (χ0) is 14.5. The van der Waals surface area contributed by atoms with Crippen LogP contribution in [0.15, 0.2) is 46.9 Å². The van der Waals surface area contributed by atoms with Crippen molar-refractivity contribution < 1.29 is 9.53 Å². The van der Waals surface area contributed by atoms with Gasteiger partial charge in [-0.15, -0.1) is 0 Å². The van der Waals surface area contributed by atoms with E-state index in [1.54, 1.807) is 24.3 Å². The Kier molecular flexibility index (Phi) is 5.04. The lowest BCUT2D eigenvalue weighted by Gasteiger charge is -2.11. The number of carbonyl (C=O) groups excluding carboxylic acids is 1. The van der Waals surface area contributed by atoms with Crippen LogP contribution in [0.4, 0.5) is 5.69 Å². The molecule has 2 aromatic rings. The Hall–Kier alpha value is -1.52. The van der Waals surface area contributed by atoms with E-state index >= 15 is 0 Å². The van der Waals surface area contributed by atoms with E-state index < -0.39 is 0 Å². The number of rotatable bonds is 4. The third-order valence-electron chi connectivity index (χ3n) is 2.56. The maximum Gasteiger partial charge on any atom is 0.255 e. The summed E-state index contributed by atoms with van der Waals surface area (Å²) in [6, 6.07) is 12.4. The highest BCUT2D eigenvalue weighted by molar-refractivity contribution is 9.10. The Morgan fingerprint density at radius 1 is 1.30 bits per heavy atom. The monoisotopic (exact) mass is 353 g/mol. The zero-order valence-corrected chi connectivity index (χ0v) is 13.2. The predicted octanol–water partition coefficient (Wildman–Crippen LogP) is 4.75. The van der Waals surface area contributed by atoms with Gasteiger partial charge in [0, 0.05) is 15.1 Å². The largest absolute Gasteiger partial charge is 0.492 e. The Morgan fingerprint density at radius 3 is 2.75 bits per heavy atom. The van der Waals surface area contributed by atoms with Crippen LogP contribution in [-0.2, 0) is 0 Å². The fourth-order valence-electron chi connectivity index (χ4n) is 1.73. The van der Waals surface area contributed by atoms with Gasteiger partial charge in [-0.1, -0.05) is 39.7 Å². The summed E-state index contributed by atoms with van der Waals surface area (Å²) in [4.78, 5) is 12.2. The molecule has 104 valence electrons. The van der Waals surface area contributed by atoms with Crippen LogP contribution in [0.25, 0.3) is 0 Å². The molecular weight excluding hydrogens is 342 g/mol. The third kappa shape index (κ3) is 3.74. The zero-order valence-electron chi connectivity index (χ0n) is 10.8. The molecular formula is C15H13BrClNO2. The molecule has 0 bridgehead atoms. The summed E-state index contributed by atoms with van der Waals surface area (Å²) in [7, 11) is 0. The first-order valence-electron chi connectivity index (χ1n) is 6.09. The molecule has 0 unspecified atom stereocenters. The van der Waals surface area contributed by atoms with Gasteiger partial charge in [0.1, 0.15) is 5.75 Å². The molecule has 0 aliphatic carbocycles. The van der Waals surface area contributed by atoms with Gasteiger partial charge in [-0.05, 0) is 37.3 Å². The topological polar surface area (TPSA) is 38.3 Å². The minimum Gasteiger partial charge on any atom is -0.492 e. The van der Waals surface area contributed by atoms with E-state index in [-0.39, 0.29) is 5.91 Å². The summed E-state index contributed by atoms with van der Waals surface area (Å²) < 4.78 is 6.23. The number of hydrogen-bond donors (Lipinski definition) is 1. The van der Waals surface area contributed by atoms with Gasteiger partial charge >= 0.3 is 0 Å². The van der Waals surface area contributed by atoms with E-state index in [4.69, 9.17) is 16.3 Å².